The molecule has 102 valence electrons. The van der Waals surface area contributed by atoms with Crippen LogP contribution in [0.25, 0.3) is 0 Å². The number of rotatable bonds is 5. The van der Waals surface area contributed by atoms with Crippen molar-refractivity contribution in [3.8, 4) is 0 Å². The van der Waals surface area contributed by atoms with Gasteiger partial charge in [0.25, 0.3) is 0 Å². The average molecular weight is 275 g/mol. The van der Waals surface area contributed by atoms with Crippen LogP contribution >= 0.6 is 0 Å². The third-order valence-electron chi connectivity index (χ3n) is 2.77. The molecule has 1 amide bonds. The van der Waals surface area contributed by atoms with Crippen LogP contribution in [-0.2, 0) is 19.4 Å². The number of carboxylic acid groups (broad SMARTS) is 1. The van der Waals surface area contributed by atoms with Gasteiger partial charge in [-0.1, -0.05) is 6.92 Å². The molecule has 1 saturated heterocycles. The van der Waals surface area contributed by atoms with Crippen LogP contribution in [-0.4, -0.2) is 54.4 Å². The predicted octanol–water partition coefficient (Wildman–Crippen LogP) is 0.0529. The Hall–Kier alpha value is -1.37. The molecule has 0 aromatic rings. The summed E-state index contributed by atoms with van der Waals surface area (Å²) in [7, 11) is -3.06. The number of nitrogens with zero attached hydrogens (tertiary/aromatic N) is 1. The minimum atomic E-state index is -3.06. The Balaban J connectivity index is 2.77. The molecule has 1 unspecified atom stereocenters. The lowest BCUT2D eigenvalue weighted by molar-refractivity contribution is -0.132. The Bertz CT molecular complexity index is 454. The molecule has 18 heavy (non-hydrogen) atoms. The van der Waals surface area contributed by atoms with Crippen molar-refractivity contribution in [2.24, 2.45) is 0 Å². The molecule has 0 aromatic heterocycles. The number of sulfone groups is 1. The molecule has 0 aromatic carbocycles. The summed E-state index contributed by atoms with van der Waals surface area (Å²) in [6.07, 6.45) is 2.87. The number of carboxylic acids is 1. The van der Waals surface area contributed by atoms with Gasteiger partial charge in [-0.3, -0.25) is 4.79 Å². The normalized spacial score (nSPS) is 22.2. The number of carbonyl (C=O) groups is 2. The third kappa shape index (κ3) is 4.14. The van der Waals surface area contributed by atoms with Crippen molar-refractivity contribution in [2.45, 2.75) is 25.8 Å². The highest BCUT2D eigenvalue weighted by Crippen LogP contribution is 2.18. The molecular formula is C11H17NO5S. The van der Waals surface area contributed by atoms with Crippen LogP contribution in [0.4, 0.5) is 0 Å². The minimum absolute atomic E-state index is 0.0281. The zero-order valence-corrected chi connectivity index (χ0v) is 11.0. The van der Waals surface area contributed by atoms with Crippen molar-refractivity contribution in [2.75, 3.05) is 18.1 Å². The molecule has 1 atom stereocenters. The monoisotopic (exact) mass is 275 g/mol. The molecule has 1 N–H and O–H groups in total. The van der Waals surface area contributed by atoms with E-state index in [9.17, 15) is 18.0 Å². The molecule has 1 fully saturated rings. The standard InChI is InChI=1S/C11H17NO5S/c1-2-6-12(10(13)3-4-11(14)15)9-5-7-18(16,17)8-9/h3-4,9H,2,5-8H2,1H3,(H,14,15)/b4-3+. The van der Waals surface area contributed by atoms with Crippen molar-refractivity contribution in [3.05, 3.63) is 12.2 Å². The van der Waals surface area contributed by atoms with Crippen LogP contribution in [0, 0.1) is 0 Å². The Morgan fingerprint density at radius 2 is 2.06 bits per heavy atom. The second kappa shape index (κ2) is 5.99. The second-order valence-corrected chi connectivity index (χ2v) is 6.49. The molecule has 0 bridgehead atoms. The minimum Gasteiger partial charge on any atom is -0.478 e. The maximum atomic E-state index is 11.8. The Morgan fingerprint density at radius 1 is 1.39 bits per heavy atom. The van der Waals surface area contributed by atoms with Gasteiger partial charge in [0.2, 0.25) is 5.91 Å². The zero-order valence-electron chi connectivity index (χ0n) is 10.2. The average Bonchev–Trinajstić information content (AvgIpc) is 2.63. The van der Waals surface area contributed by atoms with Gasteiger partial charge in [-0.05, 0) is 12.8 Å². The summed E-state index contributed by atoms with van der Waals surface area (Å²) in [4.78, 5) is 23.6. The van der Waals surface area contributed by atoms with Crippen molar-refractivity contribution >= 4 is 21.7 Å². The van der Waals surface area contributed by atoms with E-state index >= 15 is 0 Å². The summed E-state index contributed by atoms with van der Waals surface area (Å²) in [6, 6.07) is -0.333. The van der Waals surface area contributed by atoms with Gasteiger partial charge >= 0.3 is 5.97 Å². The highest BCUT2D eigenvalue weighted by atomic mass is 32.2. The summed E-state index contributed by atoms with van der Waals surface area (Å²) in [6.45, 7) is 2.31. The van der Waals surface area contributed by atoms with Crippen molar-refractivity contribution in [1.29, 1.82) is 0 Å². The Kier molecular flexibility index (Phi) is 4.89. The van der Waals surface area contributed by atoms with E-state index in [0.717, 1.165) is 12.2 Å². The highest BCUT2D eigenvalue weighted by molar-refractivity contribution is 7.91. The molecule has 1 rings (SSSR count). The van der Waals surface area contributed by atoms with E-state index in [0.29, 0.717) is 19.4 Å². The smallest absolute Gasteiger partial charge is 0.328 e. The van der Waals surface area contributed by atoms with E-state index < -0.39 is 21.7 Å². The number of hydrogen-bond donors (Lipinski definition) is 1. The van der Waals surface area contributed by atoms with Gasteiger partial charge in [0.05, 0.1) is 11.5 Å². The SMILES string of the molecule is CCCN(C(=O)/C=C/C(=O)O)C1CCS(=O)(=O)C1. The lowest BCUT2D eigenvalue weighted by Crippen LogP contribution is -2.40. The van der Waals surface area contributed by atoms with Crippen molar-refractivity contribution < 1.29 is 23.1 Å². The van der Waals surface area contributed by atoms with E-state index in [1.165, 1.54) is 4.90 Å². The van der Waals surface area contributed by atoms with Crippen LogP contribution in [0.5, 0.6) is 0 Å². The molecular weight excluding hydrogens is 258 g/mol. The van der Waals surface area contributed by atoms with Crippen LogP contribution in [0.3, 0.4) is 0 Å². The lowest BCUT2D eigenvalue weighted by atomic mass is 10.2. The van der Waals surface area contributed by atoms with Gasteiger partial charge in [-0.2, -0.15) is 0 Å². The van der Waals surface area contributed by atoms with Crippen LogP contribution in [0.2, 0.25) is 0 Å². The molecule has 0 aliphatic carbocycles. The number of hydrogen-bond acceptors (Lipinski definition) is 4. The van der Waals surface area contributed by atoms with E-state index in [4.69, 9.17) is 5.11 Å². The van der Waals surface area contributed by atoms with E-state index in [1.807, 2.05) is 6.92 Å². The first kappa shape index (κ1) is 14.7. The fourth-order valence-corrected chi connectivity index (χ4v) is 3.70. The van der Waals surface area contributed by atoms with Crippen molar-refractivity contribution in [1.82, 2.24) is 4.90 Å². The first-order valence-electron chi connectivity index (χ1n) is 5.77. The molecule has 0 spiro atoms. The fraction of sp³-hybridized carbons (Fsp3) is 0.636. The predicted molar refractivity (Wildman–Crippen MR) is 65.8 cm³/mol. The van der Waals surface area contributed by atoms with Gasteiger partial charge < -0.3 is 10.0 Å². The first-order valence-corrected chi connectivity index (χ1v) is 7.60. The Labute approximate surface area is 106 Å². The number of amides is 1. The highest BCUT2D eigenvalue weighted by Gasteiger charge is 2.33. The third-order valence-corrected chi connectivity index (χ3v) is 4.52. The topological polar surface area (TPSA) is 91.8 Å². The molecule has 6 nitrogen and oxygen atoms in total. The van der Waals surface area contributed by atoms with Gasteiger partial charge in [0.1, 0.15) is 0 Å². The molecule has 0 saturated carbocycles. The Morgan fingerprint density at radius 3 is 2.50 bits per heavy atom. The van der Waals surface area contributed by atoms with Gasteiger partial charge in [-0.15, -0.1) is 0 Å². The fourth-order valence-electron chi connectivity index (χ4n) is 1.97. The van der Waals surface area contributed by atoms with Gasteiger partial charge in [-0.25, -0.2) is 13.2 Å². The molecule has 1 heterocycles. The number of aliphatic carboxylic acids is 1. The van der Waals surface area contributed by atoms with E-state index in [-0.39, 0.29) is 17.5 Å². The second-order valence-electron chi connectivity index (χ2n) is 4.26. The summed E-state index contributed by atoms with van der Waals surface area (Å²) < 4.78 is 22.8. The maximum absolute atomic E-state index is 11.8. The molecule has 1 aliphatic rings. The maximum Gasteiger partial charge on any atom is 0.328 e. The van der Waals surface area contributed by atoms with Gasteiger partial charge in [0, 0.05) is 24.7 Å². The molecule has 0 radical (unpaired) electrons. The quantitative estimate of drug-likeness (QED) is 0.716. The summed E-state index contributed by atoms with van der Waals surface area (Å²) in [5.41, 5.74) is 0. The first-order chi connectivity index (χ1) is 8.35. The lowest BCUT2D eigenvalue weighted by Gasteiger charge is -2.26. The zero-order chi connectivity index (χ0) is 13.8. The van der Waals surface area contributed by atoms with Crippen LogP contribution in [0.1, 0.15) is 19.8 Å². The van der Waals surface area contributed by atoms with Gasteiger partial charge in [0.15, 0.2) is 9.84 Å². The van der Waals surface area contributed by atoms with Crippen LogP contribution in [0.15, 0.2) is 12.2 Å². The van der Waals surface area contributed by atoms with Crippen LogP contribution < -0.4 is 0 Å². The van der Waals surface area contributed by atoms with E-state index in [1.54, 1.807) is 0 Å². The summed E-state index contributed by atoms with van der Waals surface area (Å²) in [5, 5.41) is 8.47. The summed E-state index contributed by atoms with van der Waals surface area (Å²) in [5.74, 6) is -1.58. The largest absolute Gasteiger partial charge is 0.478 e. The molecule has 1 aliphatic heterocycles. The molecule has 7 heteroatoms. The summed E-state index contributed by atoms with van der Waals surface area (Å²) >= 11 is 0. The van der Waals surface area contributed by atoms with Crippen molar-refractivity contribution in [3.63, 3.8) is 0 Å². The number of carbonyl (C=O) groups excluding carboxylic acids is 1. The van der Waals surface area contributed by atoms with E-state index in [2.05, 4.69) is 0 Å².